The van der Waals surface area contributed by atoms with Crippen LogP contribution in [-0.4, -0.2) is 24.5 Å². The third-order valence-corrected chi connectivity index (χ3v) is 2.22. The predicted octanol–water partition coefficient (Wildman–Crippen LogP) is 2.75. The van der Waals surface area contributed by atoms with Gasteiger partial charge in [-0.05, 0) is 31.4 Å². The number of para-hydroxylation sites is 1. The van der Waals surface area contributed by atoms with E-state index in [4.69, 9.17) is 14.6 Å². The van der Waals surface area contributed by atoms with Gasteiger partial charge in [0.25, 0.3) is 0 Å². The van der Waals surface area contributed by atoms with Crippen molar-refractivity contribution >= 4 is 6.16 Å². The lowest BCUT2D eigenvalue weighted by atomic mass is 10.2. The van der Waals surface area contributed by atoms with E-state index in [1.165, 1.54) is 0 Å². The molecular weight excluding hydrogens is 220 g/mol. The molecule has 1 aromatic carbocycles. The summed E-state index contributed by atoms with van der Waals surface area (Å²) in [7, 11) is 0. The van der Waals surface area contributed by atoms with Gasteiger partial charge in [-0.15, -0.1) is 0 Å². The molecule has 94 valence electrons. The molecular formula is C13H18O4. The molecule has 0 aliphatic rings. The number of unbranched alkanes of at least 4 members (excludes halogenated alkanes) is 3. The fraction of sp³-hybridized carbons (Fsp3) is 0.462. The average molecular weight is 238 g/mol. The average Bonchev–Trinajstić information content (AvgIpc) is 2.35. The number of benzene rings is 1. The Hall–Kier alpha value is -1.55. The lowest BCUT2D eigenvalue weighted by Crippen LogP contribution is -2.11. The van der Waals surface area contributed by atoms with Crippen molar-refractivity contribution in [3.8, 4) is 5.75 Å². The lowest BCUT2D eigenvalue weighted by molar-refractivity contribution is 0.0971. The van der Waals surface area contributed by atoms with Gasteiger partial charge < -0.3 is 14.6 Å². The van der Waals surface area contributed by atoms with Crippen molar-refractivity contribution in [1.29, 1.82) is 0 Å². The van der Waals surface area contributed by atoms with Gasteiger partial charge in [0, 0.05) is 6.61 Å². The number of hydrogen-bond donors (Lipinski definition) is 1. The summed E-state index contributed by atoms with van der Waals surface area (Å²) in [5.74, 6) is 0.484. The molecule has 0 saturated carbocycles. The molecule has 0 atom stereocenters. The zero-order chi connectivity index (χ0) is 12.3. The highest BCUT2D eigenvalue weighted by atomic mass is 16.7. The van der Waals surface area contributed by atoms with Crippen molar-refractivity contribution in [3.05, 3.63) is 30.3 Å². The maximum Gasteiger partial charge on any atom is 0.513 e. The molecule has 1 rings (SSSR count). The highest BCUT2D eigenvalue weighted by molar-refractivity contribution is 5.63. The number of rotatable bonds is 7. The second-order valence-corrected chi connectivity index (χ2v) is 3.65. The number of ether oxygens (including phenoxy) is 2. The van der Waals surface area contributed by atoms with Gasteiger partial charge in [-0.2, -0.15) is 0 Å². The second-order valence-electron chi connectivity index (χ2n) is 3.65. The maximum atomic E-state index is 11.2. The van der Waals surface area contributed by atoms with Crippen molar-refractivity contribution in [3.63, 3.8) is 0 Å². The van der Waals surface area contributed by atoms with E-state index < -0.39 is 6.16 Å². The fourth-order valence-electron chi connectivity index (χ4n) is 1.34. The summed E-state index contributed by atoms with van der Waals surface area (Å²) in [6, 6.07) is 8.82. The molecule has 0 aliphatic carbocycles. The monoisotopic (exact) mass is 238 g/mol. The van der Waals surface area contributed by atoms with Crippen LogP contribution < -0.4 is 4.74 Å². The molecule has 0 aromatic heterocycles. The molecule has 0 unspecified atom stereocenters. The van der Waals surface area contributed by atoms with E-state index >= 15 is 0 Å². The van der Waals surface area contributed by atoms with Gasteiger partial charge in [-0.1, -0.05) is 24.6 Å². The lowest BCUT2D eigenvalue weighted by Gasteiger charge is -2.05. The van der Waals surface area contributed by atoms with Crippen LogP contribution in [0.4, 0.5) is 4.79 Å². The number of hydrogen-bond acceptors (Lipinski definition) is 4. The van der Waals surface area contributed by atoms with Gasteiger partial charge in [0.05, 0.1) is 6.61 Å². The molecule has 4 heteroatoms. The Kier molecular flexibility index (Phi) is 6.82. The van der Waals surface area contributed by atoms with E-state index in [0.717, 1.165) is 25.7 Å². The van der Waals surface area contributed by atoms with Crippen molar-refractivity contribution < 1.29 is 19.4 Å². The zero-order valence-electron chi connectivity index (χ0n) is 9.80. The smallest absolute Gasteiger partial charge is 0.434 e. The number of carbonyl (C=O) groups excluding carboxylic acids is 1. The first-order valence-electron chi connectivity index (χ1n) is 5.83. The van der Waals surface area contributed by atoms with Crippen LogP contribution in [0.15, 0.2) is 30.3 Å². The summed E-state index contributed by atoms with van der Waals surface area (Å²) in [5.41, 5.74) is 0. The highest BCUT2D eigenvalue weighted by Gasteiger charge is 2.04. The van der Waals surface area contributed by atoms with E-state index in [0.29, 0.717) is 12.4 Å². The van der Waals surface area contributed by atoms with Crippen molar-refractivity contribution in [2.75, 3.05) is 13.2 Å². The van der Waals surface area contributed by atoms with Crippen LogP contribution in [0.25, 0.3) is 0 Å². The Balaban J connectivity index is 2.06. The third kappa shape index (κ3) is 6.58. The molecule has 4 nitrogen and oxygen atoms in total. The van der Waals surface area contributed by atoms with E-state index in [2.05, 4.69) is 0 Å². The second kappa shape index (κ2) is 8.58. The number of aliphatic hydroxyl groups is 1. The fourth-order valence-corrected chi connectivity index (χ4v) is 1.34. The molecule has 1 aromatic rings. The molecule has 0 heterocycles. The summed E-state index contributed by atoms with van der Waals surface area (Å²) < 4.78 is 9.84. The zero-order valence-corrected chi connectivity index (χ0v) is 9.80. The predicted molar refractivity (Wildman–Crippen MR) is 64.0 cm³/mol. The highest BCUT2D eigenvalue weighted by Crippen LogP contribution is 2.09. The first kappa shape index (κ1) is 13.5. The molecule has 1 N–H and O–H groups in total. The topological polar surface area (TPSA) is 55.8 Å². The Labute approximate surface area is 101 Å². The first-order chi connectivity index (χ1) is 8.33. The van der Waals surface area contributed by atoms with Crippen LogP contribution in [0.2, 0.25) is 0 Å². The molecule has 0 saturated heterocycles. The Bertz CT molecular complexity index is 310. The Morgan fingerprint density at radius 1 is 1.06 bits per heavy atom. The first-order valence-corrected chi connectivity index (χ1v) is 5.83. The molecule has 0 amide bonds. The van der Waals surface area contributed by atoms with Crippen LogP contribution in [0.1, 0.15) is 25.7 Å². The van der Waals surface area contributed by atoms with Gasteiger partial charge in [-0.25, -0.2) is 4.79 Å². The summed E-state index contributed by atoms with van der Waals surface area (Å²) in [5, 5.41) is 8.57. The normalized spacial score (nSPS) is 9.94. The minimum atomic E-state index is -0.668. The van der Waals surface area contributed by atoms with Gasteiger partial charge in [0.15, 0.2) is 0 Å². The van der Waals surface area contributed by atoms with E-state index in [1.807, 2.05) is 6.07 Å². The minimum absolute atomic E-state index is 0.219. The third-order valence-electron chi connectivity index (χ3n) is 2.22. The van der Waals surface area contributed by atoms with Gasteiger partial charge in [0.1, 0.15) is 5.75 Å². The summed E-state index contributed by atoms with van der Waals surface area (Å²) >= 11 is 0. The van der Waals surface area contributed by atoms with Gasteiger partial charge in [-0.3, -0.25) is 0 Å². The van der Waals surface area contributed by atoms with E-state index in [1.54, 1.807) is 24.3 Å². The van der Waals surface area contributed by atoms with Crippen molar-refractivity contribution in [2.45, 2.75) is 25.7 Å². The largest absolute Gasteiger partial charge is 0.513 e. The number of carbonyl (C=O) groups is 1. The molecule has 0 fully saturated rings. The Morgan fingerprint density at radius 2 is 1.76 bits per heavy atom. The molecule has 0 bridgehead atoms. The van der Waals surface area contributed by atoms with Crippen LogP contribution in [0, 0.1) is 0 Å². The molecule has 0 spiro atoms. The van der Waals surface area contributed by atoms with Crippen LogP contribution in [0.5, 0.6) is 5.75 Å². The Morgan fingerprint density at radius 3 is 2.47 bits per heavy atom. The van der Waals surface area contributed by atoms with Gasteiger partial charge in [0.2, 0.25) is 0 Å². The molecule has 0 radical (unpaired) electrons. The molecule has 17 heavy (non-hydrogen) atoms. The summed E-state index contributed by atoms with van der Waals surface area (Å²) in [6.45, 7) is 0.577. The maximum absolute atomic E-state index is 11.2. The summed E-state index contributed by atoms with van der Waals surface area (Å²) in [6.07, 6.45) is 2.82. The van der Waals surface area contributed by atoms with Crippen LogP contribution in [-0.2, 0) is 4.74 Å². The number of aliphatic hydroxyl groups excluding tert-OH is 1. The van der Waals surface area contributed by atoms with E-state index in [-0.39, 0.29) is 6.61 Å². The van der Waals surface area contributed by atoms with Crippen molar-refractivity contribution in [2.24, 2.45) is 0 Å². The quantitative estimate of drug-likeness (QED) is 0.451. The van der Waals surface area contributed by atoms with Crippen molar-refractivity contribution in [1.82, 2.24) is 0 Å². The van der Waals surface area contributed by atoms with E-state index in [9.17, 15) is 4.79 Å². The van der Waals surface area contributed by atoms with Crippen LogP contribution in [0.3, 0.4) is 0 Å². The minimum Gasteiger partial charge on any atom is -0.434 e. The molecule has 0 aliphatic heterocycles. The summed E-state index contributed by atoms with van der Waals surface area (Å²) in [4.78, 5) is 11.2. The SMILES string of the molecule is O=C(OCCCCCCO)Oc1ccccc1. The van der Waals surface area contributed by atoms with Crippen LogP contribution >= 0.6 is 0 Å². The standard InChI is InChI=1S/C13H18O4/c14-10-6-1-2-7-11-16-13(15)17-12-8-4-3-5-9-12/h3-5,8-9,14H,1-2,6-7,10-11H2. The van der Waals surface area contributed by atoms with Gasteiger partial charge >= 0.3 is 6.16 Å².